The number of halogens is 1. The molecule has 15 nitrogen and oxygen atoms in total. The Morgan fingerprint density at radius 2 is 1.22 bits per heavy atom. The number of carboxylic acid groups (broad SMARTS) is 1. The number of ether oxygens (including phenoxy) is 6. The van der Waals surface area contributed by atoms with Crippen LogP contribution >= 0.6 is 19.2 Å². The van der Waals surface area contributed by atoms with Gasteiger partial charge in [0, 0.05) is 24.8 Å². The third kappa shape index (κ3) is 7.18. The van der Waals surface area contributed by atoms with Crippen molar-refractivity contribution >= 4 is 25.2 Å². The van der Waals surface area contributed by atoms with Crippen molar-refractivity contribution in [1.29, 1.82) is 0 Å². The molecule has 0 aliphatic rings. The highest BCUT2D eigenvalue weighted by molar-refractivity contribution is 7.54. The lowest BCUT2D eigenvalue weighted by Crippen LogP contribution is -2.13. The first kappa shape index (κ1) is 33.2. The molecule has 2 heterocycles. The highest BCUT2D eigenvalue weighted by atomic mass is 35.5. The van der Waals surface area contributed by atoms with Crippen molar-refractivity contribution < 1.29 is 51.9 Å². The van der Waals surface area contributed by atoms with Crippen LogP contribution in [0, 0.1) is 0 Å². The van der Waals surface area contributed by atoms with E-state index in [0.29, 0.717) is 0 Å². The Balaban J connectivity index is 2.05. The summed E-state index contributed by atoms with van der Waals surface area (Å²) in [5.41, 5.74) is -1.58. The lowest BCUT2D eigenvalue weighted by molar-refractivity contribution is 0.0690. The van der Waals surface area contributed by atoms with Crippen LogP contribution in [0.5, 0.6) is 47.0 Å². The van der Waals surface area contributed by atoms with E-state index in [1.807, 2.05) is 0 Å². The van der Waals surface area contributed by atoms with Gasteiger partial charge in [-0.2, -0.15) is 19.9 Å². The maximum absolute atomic E-state index is 14.2. The molecule has 0 aliphatic heterocycles. The molecule has 0 aliphatic carbocycles. The predicted octanol–water partition coefficient (Wildman–Crippen LogP) is 5.81. The maximum atomic E-state index is 14.2. The van der Waals surface area contributed by atoms with Crippen LogP contribution in [0.25, 0.3) is 0 Å². The molecule has 0 saturated heterocycles. The molecule has 0 saturated carbocycles. The lowest BCUT2D eigenvalue weighted by atomic mass is 9.99. The van der Waals surface area contributed by atoms with Crippen molar-refractivity contribution in [3.05, 3.63) is 70.2 Å². The van der Waals surface area contributed by atoms with Crippen LogP contribution in [0.1, 0.15) is 27.1 Å². The first-order valence-corrected chi connectivity index (χ1v) is 14.8. The van der Waals surface area contributed by atoms with Crippen LogP contribution in [0.4, 0.5) is 0 Å². The number of rotatable bonds is 14. The van der Waals surface area contributed by atoms with E-state index in [1.165, 1.54) is 66.9 Å². The van der Waals surface area contributed by atoms with E-state index in [-0.39, 0.29) is 57.4 Å². The first-order chi connectivity index (χ1) is 21.6. The van der Waals surface area contributed by atoms with E-state index in [4.69, 9.17) is 49.1 Å². The van der Waals surface area contributed by atoms with Crippen molar-refractivity contribution in [3.8, 4) is 47.0 Å². The average molecular weight is 663 g/mol. The van der Waals surface area contributed by atoms with Gasteiger partial charge in [-0.1, -0.05) is 35.9 Å². The van der Waals surface area contributed by atoms with Crippen LogP contribution in [-0.2, 0) is 13.6 Å². The molecule has 1 unspecified atom stereocenters. The fourth-order valence-electron chi connectivity index (χ4n) is 4.15. The summed E-state index contributed by atoms with van der Waals surface area (Å²) in [4.78, 5) is 29.5. The molecule has 45 heavy (non-hydrogen) atoms. The molecule has 0 fully saturated rings. The summed E-state index contributed by atoms with van der Waals surface area (Å²) in [6.07, 6.45) is 0. The summed E-state index contributed by atoms with van der Waals surface area (Å²) in [6.45, 7) is 0. The number of nitrogens with zero attached hydrogens (tertiary/aromatic N) is 4. The van der Waals surface area contributed by atoms with E-state index in [9.17, 15) is 14.5 Å². The summed E-state index contributed by atoms with van der Waals surface area (Å²) in [6, 6.07) is 11.3. The van der Waals surface area contributed by atoms with E-state index in [1.54, 1.807) is 24.3 Å². The molecule has 0 radical (unpaired) electrons. The number of methoxy groups -OCH3 is 4. The third-order valence-corrected chi connectivity index (χ3v) is 8.78. The van der Waals surface area contributed by atoms with Crippen molar-refractivity contribution in [1.82, 2.24) is 19.9 Å². The smallest absolute Gasteiger partial charge is 0.343 e. The van der Waals surface area contributed by atoms with Crippen LogP contribution in [0.2, 0.25) is 5.02 Å². The fourth-order valence-corrected chi connectivity index (χ4v) is 6.15. The van der Waals surface area contributed by atoms with Crippen molar-refractivity contribution in [3.63, 3.8) is 0 Å². The second kappa shape index (κ2) is 14.4. The normalized spacial score (nSPS) is 11.8. The van der Waals surface area contributed by atoms with Gasteiger partial charge in [0.2, 0.25) is 23.5 Å². The van der Waals surface area contributed by atoms with Gasteiger partial charge in [-0.05, 0) is 17.7 Å². The molecule has 17 heteroatoms. The van der Waals surface area contributed by atoms with Crippen molar-refractivity contribution in [2.45, 2.75) is 5.66 Å². The lowest BCUT2D eigenvalue weighted by Gasteiger charge is -2.28. The molecular formula is C28H28ClN4O11P. The van der Waals surface area contributed by atoms with Gasteiger partial charge in [0.15, 0.2) is 5.75 Å². The van der Waals surface area contributed by atoms with Gasteiger partial charge in [-0.15, -0.1) is 0 Å². The zero-order chi connectivity index (χ0) is 32.7. The molecule has 0 amide bonds. The minimum absolute atomic E-state index is 0.00871. The minimum Gasteiger partial charge on any atom is -0.481 e. The SMILES string of the molecule is COc1cc(OC)nc(Oc2ccc(C(c3ccccc3Cl)P(=O)(OC)OC)c(Oc3nc(OC)cc(OC)n3)c2C(=O)O)n1. The van der Waals surface area contributed by atoms with Crippen LogP contribution < -0.4 is 28.4 Å². The minimum atomic E-state index is -4.12. The van der Waals surface area contributed by atoms with E-state index < -0.39 is 30.5 Å². The topological polar surface area (TPSA) is 180 Å². The molecule has 0 bridgehead atoms. The molecule has 4 aromatic rings. The molecule has 4 rings (SSSR count). The standard InChI is InChI=1S/C28H28ClN4O11P/c1-37-19-13-20(38-2)31-27(30-19)43-18-12-11-16(25(45(36,41-5)42-6)15-9-7-8-10-17(15)29)24(23(18)26(34)35)44-28-32-21(39-3)14-22(33-28)40-4/h7-14,25H,1-6H3,(H,34,35). The second-order valence-electron chi connectivity index (χ2n) is 8.67. The quantitative estimate of drug-likeness (QED) is 0.160. The first-order valence-electron chi connectivity index (χ1n) is 12.8. The Hall–Kier alpha value is -4.69. The van der Waals surface area contributed by atoms with Crippen LogP contribution in [0.3, 0.4) is 0 Å². The van der Waals surface area contributed by atoms with Gasteiger partial charge in [0.1, 0.15) is 17.0 Å². The van der Waals surface area contributed by atoms with Gasteiger partial charge in [0.05, 0.1) is 40.6 Å². The van der Waals surface area contributed by atoms with Crippen LogP contribution in [0.15, 0.2) is 48.5 Å². The number of hydrogen-bond acceptors (Lipinski definition) is 14. The number of carbonyl (C=O) groups is 1. The maximum Gasteiger partial charge on any atom is 0.343 e. The summed E-state index contributed by atoms with van der Waals surface area (Å²) >= 11 is 6.57. The highest BCUT2D eigenvalue weighted by Gasteiger charge is 2.42. The van der Waals surface area contributed by atoms with E-state index in [2.05, 4.69) is 19.9 Å². The zero-order valence-electron chi connectivity index (χ0n) is 24.8. The second-order valence-corrected chi connectivity index (χ2v) is 11.4. The van der Waals surface area contributed by atoms with Gasteiger partial charge in [-0.25, -0.2) is 4.79 Å². The van der Waals surface area contributed by atoms with Crippen LogP contribution in [-0.4, -0.2) is 73.7 Å². The molecule has 2 aromatic heterocycles. The fraction of sp³-hybridized carbons (Fsp3) is 0.250. The van der Waals surface area contributed by atoms with Gasteiger partial charge >= 0.3 is 25.6 Å². The Bertz CT molecular complexity index is 1690. The molecule has 1 atom stereocenters. The third-order valence-electron chi connectivity index (χ3n) is 6.23. The summed E-state index contributed by atoms with van der Waals surface area (Å²) in [5, 5.41) is 10.7. The number of carboxylic acids is 1. The average Bonchev–Trinajstić information content (AvgIpc) is 3.05. The zero-order valence-corrected chi connectivity index (χ0v) is 26.5. The van der Waals surface area contributed by atoms with Gasteiger partial charge < -0.3 is 42.6 Å². The Morgan fingerprint density at radius 1 is 0.733 bits per heavy atom. The van der Waals surface area contributed by atoms with Crippen molar-refractivity contribution in [2.24, 2.45) is 0 Å². The predicted molar refractivity (Wildman–Crippen MR) is 159 cm³/mol. The Morgan fingerprint density at radius 3 is 1.67 bits per heavy atom. The number of benzene rings is 2. The molecular weight excluding hydrogens is 635 g/mol. The summed E-state index contributed by atoms with van der Waals surface area (Å²) in [5.74, 6) is -1.95. The summed E-state index contributed by atoms with van der Waals surface area (Å²) < 4.78 is 57.6. The largest absolute Gasteiger partial charge is 0.481 e. The van der Waals surface area contributed by atoms with Gasteiger partial charge in [0.25, 0.3) is 0 Å². The Labute approximate surface area is 262 Å². The summed E-state index contributed by atoms with van der Waals surface area (Å²) in [7, 11) is 3.71. The monoisotopic (exact) mass is 662 g/mol. The van der Waals surface area contributed by atoms with E-state index >= 15 is 0 Å². The number of hydrogen-bond donors (Lipinski definition) is 1. The number of aromatic carboxylic acids is 1. The van der Waals surface area contributed by atoms with Gasteiger partial charge in [-0.3, -0.25) is 4.57 Å². The number of aromatic nitrogens is 4. The molecule has 1 N–H and O–H groups in total. The van der Waals surface area contributed by atoms with E-state index in [0.717, 1.165) is 0 Å². The molecule has 0 spiro atoms. The highest BCUT2D eigenvalue weighted by Crippen LogP contribution is 2.65. The molecule has 2 aromatic carbocycles. The Kier molecular flexibility index (Phi) is 10.6. The van der Waals surface area contributed by atoms with Crippen molar-refractivity contribution in [2.75, 3.05) is 42.7 Å². The molecule has 238 valence electrons.